The number of halogens is 3. The monoisotopic (exact) mass is 316 g/mol. The van der Waals surface area contributed by atoms with Crippen molar-refractivity contribution in [2.24, 2.45) is 0 Å². The van der Waals surface area contributed by atoms with E-state index in [1.165, 1.54) is 11.0 Å². The van der Waals surface area contributed by atoms with Gasteiger partial charge in [-0.3, -0.25) is 9.88 Å². The van der Waals surface area contributed by atoms with Gasteiger partial charge in [-0.25, -0.2) is 4.79 Å². The van der Waals surface area contributed by atoms with Crippen molar-refractivity contribution in [1.82, 2.24) is 9.88 Å². The first-order valence-corrected chi connectivity index (χ1v) is 7.11. The fourth-order valence-corrected chi connectivity index (χ4v) is 2.38. The molecule has 22 heavy (non-hydrogen) atoms. The third-order valence-corrected chi connectivity index (χ3v) is 3.34. The highest BCUT2D eigenvalue weighted by molar-refractivity contribution is 5.69. The van der Waals surface area contributed by atoms with E-state index < -0.39 is 23.4 Å². The van der Waals surface area contributed by atoms with Crippen LogP contribution in [0, 0.1) is 0 Å². The number of likely N-dealkylation sites (tertiary alicyclic amines) is 1. The third-order valence-electron chi connectivity index (χ3n) is 3.34. The summed E-state index contributed by atoms with van der Waals surface area (Å²) in [7, 11) is 0. The van der Waals surface area contributed by atoms with Gasteiger partial charge in [-0.05, 0) is 45.7 Å². The van der Waals surface area contributed by atoms with Gasteiger partial charge in [0, 0.05) is 12.7 Å². The molecule has 1 aromatic heterocycles. The van der Waals surface area contributed by atoms with Crippen molar-refractivity contribution in [1.29, 1.82) is 0 Å². The molecule has 2 heterocycles. The van der Waals surface area contributed by atoms with Crippen LogP contribution in [0.15, 0.2) is 18.3 Å². The highest BCUT2D eigenvalue weighted by atomic mass is 19.4. The highest BCUT2D eigenvalue weighted by Gasteiger charge is 2.35. The van der Waals surface area contributed by atoms with E-state index in [4.69, 9.17) is 4.74 Å². The quantitative estimate of drug-likeness (QED) is 0.781. The molecule has 0 radical (unpaired) electrons. The topological polar surface area (TPSA) is 42.4 Å². The van der Waals surface area contributed by atoms with Gasteiger partial charge in [-0.15, -0.1) is 0 Å². The Morgan fingerprint density at radius 1 is 1.32 bits per heavy atom. The molecule has 0 aliphatic carbocycles. The lowest BCUT2D eigenvalue weighted by molar-refractivity contribution is -0.137. The number of carbonyl (C=O) groups excluding carboxylic acids is 1. The Labute approximate surface area is 127 Å². The van der Waals surface area contributed by atoms with Crippen LogP contribution in [0.25, 0.3) is 0 Å². The van der Waals surface area contributed by atoms with Crippen LogP contribution in [0.1, 0.15) is 50.9 Å². The van der Waals surface area contributed by atoms with Crippen molar-refractivity contribution in [3.05, 3.63) is 29.6 Å². The Balaban J connectivity index is 2.15. The maximum Gasteiger partial charge on any atom is 0.417 e. The molecule has 1 unspecified atom stereocenters. The second kappa shape index (κ2) is 5.78. The number of alkyl halides is 3. The van der Waals surface area contributed by atoms with Crippen LogP contribution in [0.4, 0.5) is 18.0 Å². The Bertz CT molecular complexity index is 535. The Hall–Kier alpha value is -1.79. The third kappa shape index (κ3) is 3.90. The number of pyridine rings is 1. The number of hydrogen-bond donors (Lipinski definition) is 0. The van der Waals surface area contributed by atoms with Crippen LogP contribution in [-0.4, -0.2) is 28.1 Å². The first-order valence-electron chi connectivity index (χ1n) is 7.11. The molecule has 1 amide bonds. The lowest BCUT2D eigenvalue weighted by Crippen LogP contribution is -2.36. The first-order chi connectivity index (χ1) is 10.1. The van der Waals surface area contributed by atoms with E-state index in [0.29, 0.717) is 18.7 Å². The van der Waals surface area contributed by atoms with Crippen LogP contribution >= 0.6 is 0 Å². The molecule has 0 saturated carbocycles. The molecular formula is C15H19F3N2O2. The van der Waals surface area contributed by atoms with Gasteiger partial charge in [0.2, 0.25) is 0 Å². The standard InChI is InChI=1S/C15H19F3N2O2/c1-14(2,3)22-13(21)20-8-4-5-12(20)11-7-6-10(9-19-11)15(16,17)18/h6-7,9,12H,4-5,8H2,1-3H3. The summed E-state index contributed by atoms with van der Waals surface area (Å²) >= 11 is 0. The van der Waals surface area contributed by atoms with E-state index in [1.54, 1.807) is 20.8 Å². The summed E-state index contributed by atoms with van der Waals surface area (Å²) in [5, 5.41) is 0. The smallest absolute Gasteiger partial charge is 0.417 e. The van der Waals surface area contributed by atoms with E-state index >= 15 is 0 Å². The van der Waals surface area contributed by atoms with Crippen LogP contribution in [-0.2, 0) is 10.9 Å². The van der Waals surface area contributed by atoms with E-state index in [2.05, 4.69) is 4.98 Å². The molecule has 0 spiro atoms. The maximum atomic E-state index is 12.6. The summed E-state index contributed by atoms with van der Waals surface area (Å²) in [6.45, 7) is 5.83. The van der Waals surface area contributed by atoms with Crippen LogP contribution in [0.3, 0.4) is 0 Å². The van der Waals surface area contributed by atoms with Gasteiger partial charge in [-0.1, -0.05) is 0 Å². The van der Waals surface area contributed by atoms with Crippen molar-refractivity contribution in [3.63, 3.8) is 0 Å². The van der Waals surface area contributed by atoms with Crippen molar-refractivity contribution >= 4 is 6.09 Å². The largest absolute Gasteiger partial charge is 0.444 e. The summed E-state index contributed by atoms with van der Waals surface area (Å²) in [6.07, 6.45) is -2.63. The molecular weight excluding hydrogens is 297 g/mol. The molecule has 7 heteroatoms. The predicted molar refractivity (Wildman–Crippen MR) is 74.2 cm³/mol. The van der Waals surface area contributed by atoms with E-state index in [0.717, 1.165) is 18.7 Å². The van der Waals surface area contributed by atoms with Crippen LogP contribution in [0.5, 0.6) is 0 Å². The van der Waals surface area contributed by atoms with Crippen molar-refractivity contribution in [2.45, 2.75) is 51.4 Å². The van der Waals surface area contributed by atoms with E-state index in [9.17, 15) is 18.0 Å². The number of ether oxygens (including phenoxy) is 1. The minimum absolute atomic E-state index is 0.336. The average molecular weight is 316 g/mol. The maximum absolute atomic E-state index is 12.6. The summed E-state index contributed by atoms with van der Waals surface area (Å²) in [5.41, 5.74) is -0.952. The summed E-state index contributed by atoms with van der Waals surface area (Å²) in [4.78, 5) is 17.6. The first kappa shape index (κ1) is 16.6. The van der Waals surface area contributed by atoms with Gasteiger partial charge in [0.1, 0.15) is 5.60 Å². The molecule has 1 fully saturated rings. The SMILES string of the molecule is CC(C)(C)OC(=O)N1CCCC1c1ccc(C(F)(F)F)cn1. The van der Waals surface area contributed by atoms with Crippen LogP contribution in [0.2, 0.25) is 0 Å². The van der Waals surface area contributed by atoms with Crippen molar-refractivity contribution < 1.29 is 22.7 Å². The van der Waals surface area contributed by atoms with Gasteiger partial charge < -0.3 is 4.74 Å². The number of carbonyl (C=O) groups is 1. The molecule has 1 aromatic rings. The molecule has 1 aliphatic rings. The number of nitrogens with zero attached hydrogens (tertiary/aromatic N) is 2. The van der Waals surface area contributed by atoms with Gasteiger partial charge in [0.25, 0.3) is 0 Å². The number of amides is 1. The number of aromatic nitrogens is 1. The highest BCUT2D eigenvalue weighted by Crippen LogP contribution is 2.34. The molecule has 0 bridgehead atoms. The van der Waals surface area contributed by atoms with Gasteiger partial charge in [0.05, 0.1) is 17.3 Å². The molecule has 1 saturated heterocycles. The second-order valence-electron chi connectivity index (χ2n) is 6.30. The zero-order valence-corrected chi connectivity index (χ0v) is 12.8. The van der Waals surface area contributed by atoms with Crippen molar-refractivity contribution in [3.8, 4) is 0 Å². The fourth-order valence-electron chi connectivity index (χ4n) is 2.38. The normalized spacial score (nSPS) is 19.4. The second-order valence-corrected chi connectivity index (χ2v) is 6.30. The number of rotatable bonds is 1. The Morgan fingerprint density at radius 2 is 2.00 bits per heavy atom. The molecule has 122 valence electrons. The van der Waals surface area contributed by atoms with E-state index in [-0.39, 0.29) is 6.04 Å². The zero-order valence-electron chi connectivity index (χ0n) is 12.8. The fraction of sp³-hybridized carbons (Fsp3) is 0.600. The average Bonchev–Trinajstić information content (AvgIpc) is 2.85. The van der Waals surface area contributed by atoms with Gasteiger partial charge in [-0.2, -0.15) is 13.2 Å². The summed E-state index contributed by atoms with van der Waals surface area (Å²) in [5.74, 6) is 0. The van der Waals surface area contributed by atoms with E-state index in [1.807, 2.05) is 0 Å². The molecule has 4 nitrogen and oxygen atoms in total. The lowest BCUT2D eigenvalue weighted by atomic mass is 10.1. The van der Waals surface area contributed by atoms with Gasteiger partial charge >= 0.3 is 12.3 Å². The lowest BCUT2D eigenvalue weighted by Gasteiger charge is -2.28. The molecule has 2 rings (SSSR count). The minimum Gasteiger partial charge on any atom is -0.444 e. The summed E-state index contributed by atoms with van der Waals surface area (Å²) < 4.78 is 43.0. The molecule has 1 aliphatic heterocycles. The predicted octanol–water partition coefficient (Wildman–Crippen LogP) is 4.17. The van der Waals surface area contributed by atoms with Crippen LogP contribution < -0.4 is 0 Å². The van der Waals surface area contributed by atoms with Gasteiger partial charge in [0.15, 0.2) is 0 Å². The molecule has 1 atom stereocenters. The molecule has 0 N–H and O–H groups in total. The Morgan fingerprint density at radius 3 is 2.50 bits per heavy atom. The minimum atomic E-state index is -4.41. The number of hydrogen-bond acceptors (Lipinski definition) is 3. The Kier molecular flexibility index (Phi) is 4.35. The summed E-state index contributed by atoms with van der Waals surface area (Å²) in [6, 6.07) is 1.99. The zero-order chi connectivity index (χ0) is 16.5. The molecule has 0 aromatic carbocycles. The van der Waals surface area contributed by atoms with Crippen molar-refractivity contribution in [2.75, 3.05) is 6.54 Å².